The number of aromatic nitrogens is 2. The lowest BCUT2D eigenvalue weighted by Gasteiger charge is -2.26. The highest BCUT2D eigenvalue weighted by Gasteiger charge is 2.21. The van der Waals surface area contributed by atoms with E-state index in [1.807, 2.05) is 31.2 Å². The van der Waals surface area contributed by atoms with Crippen LogP contribution in [0.3, 0.4) is 0 Å². The van der Waals surface area contributed by atoms with E-state index in [4.69, 9.17) is 9.47 Å². The zero-order chi connectivity index (χ0) is 14.7. The first kappa shape index (κ1) is 13.5. The van der Waals surface area contributed by atoms with Crippen molar-refractivity contribution in [2.24, 2.45) is 0 Å². The summed E-state index contributed by atoms with van der Waals surface area (Å²) in [4.78, 5) is 16.0. The van der Waals surface area contributed by atoms with E-state index in [9.17, 15) is 4.79 Å². The smallest absolute Gasteiger partial charge is 0.240 e. The molecule has 0 fully saturated rings. The van der Waals surface area contributed by atoms with E-state index >= 15 is 0 Å². The highest BCUT2D eigenvalue weighted by atomic mass is 16.6. The maximum Gasteiger partial charge on any atom is 0.240 e. The number of hydrogen-bond acceptors (Lipinski definition) is 4. The molecule has 0 saturated heterocycles. The van der Waals surface area contributed by atoms with E-state index in [1.165, 1.54) is 0 Å². The Balaban J connectivity index is 1.50. The second-order valence-corrected chi connectivity index (χ2v) is 4.90. The molecule has 1 aliphatic heterocycles. The molecule has 0 bridgehead atoms. The lowest BCUT2D eigenvalue weighted by Crippen LogP contribution is -2.41. The van der Waals surface area contributed by atoms with Gasteiger partial charge in [0.05, 0.1) is 6.54 Å². The largest absolute Gasteiger partial charge is 0.486 e. The van der Waals surface area contributed by atoms with Crippen LogP contribution >= 0.6 is 0 Å². The summed E-state index contributed by atoms with van der Waals surface area (Å²) in [6.07, 6.45) is 3.29. The third kappa shape index (κ3) is 3.16. The van der Waals surface area contributed by atoms with E-state index in [-0.39, 0.29) is 18.6 Å². The second kappa shape index (κ2) is 5.87. The Hall–Kier alpha value is -2.50. The second-order valence-electron chi connectivity index (χ2n) is 4.90. The van der Waals surface area contributed by atoms with Crippen molar-refractivity contribution in [3.8, 4) is 11.5 Å². The Bertz CT molecular complexity index is 639. The predicted octanol–water partition coefficient (Wildman–Crippen LogP) is 1.15. The predicted molar refractivity (Wildman–Crippen MR) is 76.3 cm³/mol. The summed E-state index contributed by atoms with van der Waals surface area (Å²) in [6, 6.07) is 7.52. The number of rotatable bonds is 4. The number of nitrogens with zero attached hydrogens (tertiary/aromatic N) is 2. The van der Waals surface area contributed by atoms with Crippen molar-refractivity contribution >= 4 is 5.91 Å². The number of benzene rings is 1. The van der Waals surface area contributed by atoms with Crippen LogP contribution in [-0.2, 0) is 11.3 Å². The average Bonchev–Trinajstić information content (AvgIpc) is 2.90. The first-order valence-electron chi connectivity index (χ1n) is 6.85. The highest BCUT2D eigenvalue weighted by Crippen LogP contribution is 2.30. The molecule has 6 nitrogen and oxygen atoms in total. The SMILES string of the molecule is Cc1nccn1CC(=O)NCC1COc2ccccc2O1. The summed E-state index contributed by atoms with van der Waals surface area (Å²) >= 11 is 0. The summed E-state index contributed by atoms with van der Waals surface area (Å²) in [5, 5.41) is 2.86. The van der Waals surface area contributed by atoms with Gasteiger partial charge in [-0.2, -0.15) is 0 Å². The number of amides is 1. The molecule has 0 aliphatic carbocycles. The fourth-order valence-electron chi connectivity index (χ4n) is 2.17. The first-order valence-corrected chi connectivity index (χ1v) is 6.85. The molecule has 1 aliphatic rings. The topological polar surface area (TPSA) is 65.4 Å². The third-order valence-electron chi connectivity index (χ3n) is 3.33. The van der Waals surface area contributed by atoms with Gasteiger partial charge >= 0.3 is 0 Å². The van der Waals surface area contributed by atoms with E-state index in [1.54, 1.807) is 17.0 Å². The van der Waals surface area contributed by atoms with Gasteiger partial charge in [0.2, 0.25) is 5.91 Å². The quantitative estimate of drug-likeness (QED) is 0.916. The minimum absolute atomic E-state index is 0.0708. The summed E-state index contributed by atoms with van der Waals surface area (Å²) in [6.45, 7) is 2.97. The standard InChI is InChI=1S/C15H17N3O3/c1-11-16-6-7-18(11)9-15(19)17-8-12-10-20-13-4-2-3-5-14(13)21-12/h2-7,12H,8-10H2,1H3,(H,17,19). The lowest BCUT2D eigenvalue weighted by molar-refractivity contribution is -0.122. The fourth-order valence-corrected chi connectivity index (χ4v) is 2.17. The number of hydrogen-bond donors (Lipinski definition) is 1. The number of carbonyl (C=O) groups excluding carboxylic acids is 1. The molecule has 110 valence electrons. The van der Waals surface area contributed by atoms with Crippen molar-refractivity contribution in [3.63, 3.8) is 0 Å². The Morgan fingerprint density at radius 3 is 3.00 bits per heavy atom. The van der Waals surface area contributed by atoms with Gasteiger partial charge in [-0.3, -0.25) is 4.79 Å². The summed E-state index contributed by atoms with van der Waals surface area (Å²) in [5.74, 6) is 2.21. The van der Waals surface area contributed by atoms with Gasteiger partial charge in [0, 0.05) is 12.4 Å². The molecule has 1 atom stereocenters. The van der Waals surface area contributed by atoms with Crippen LogP contribution in [0.5, 0.6) is 11.5 Å². The van der Waals surface area contributed by atoms with Crippen LogP contribution in [0.1, 0.15) is 5.82 Å². The molecule has 21 heavy (non-hydrogen) atoms. The van der Waals surface area contributed by atoms with E-state index in [2.05, 4.69) is 10.3 Å². The van der Waals surface area contributed by atoms with Gasteiger partial charge in [0.15, 0.2) is 11.5 Å². The minimum Gasteiger partial charge on any atom is -0.486 e. The van der Waals surface area contributed by atoms with Gasteiger partial charge in [-0.1, -0.05) is 12.1 Å². The highest BCUT2D eigenvalue weighted by molar-refractivity contribution is 5.75. The molecule has 1 N–H and O–H groups in total. The number of imidazole rings is 1. The molecule has 1 aromatic carbocycles. The monoisotopic (exact) mass is 287 g/mol. The van der Waals surface area contributed by atoms with Crippen molar-refractivity contribution in [3.05, 3.63) is 42.5 Å². The van der Waals surface area contributed by atoms with Crippen LogP contribution in [0.15, 0.2) is 36.7 Å². The van der Waals surface area contributed by atoms with Crippen LogP contribution in [-0.4, -0.2) is 34.7 Å². The lowest BCUT2D eigenvalue weighted by atomic mass is 10.2. The summed E-state index contributed by atoms with van der Waals surface area (Å²) < 4.78 is 13.2. The summed E-state index contributed by atoms with van der Waals surface area (Å²) in [7, 11) is 0. The molecule has 1 unspecified atom stereocenters. The van der Waals surface area contributed by atoms with Crippen LogP contribution < -0.4 is 14.8 Å². The molecular weight excluding hydrogens is 270 g/mol. The van der Waals surface area contributed by atoms with Crippen LogP contribution in [0, 0.1) is 6.92 Å². The Kier molecular flexibility index (Phi) is 3.77. The van der Waals surface area contributed by atoms with Gasteiger partial charge in [-0.05, 0) is 19.1 Å². The number of carbonyl (C=O) groups is 1. The van der Waals surface area contributed by atoms with Crippen LogP contribution in [0.4, 0.5) is 0 Å². The Morgan fingerprint density at radius 1 is 1.43 bits per heavy atom. The fraction of sp³-hybridized carbons (Fsp3) is 0.333. The zero-order valence-electron chi connectivity index (χ0n) is 11.8. The Morgan fingerprint density at radius 2 is 2.24 bits per heavy atom. The molecular formula is C15H17N3O3. The van der Waals surface area contributed by atoms with Crippen LogP contribution in [0.2, 0.25) is 0 Å². The summed E-state index contributed by atoms with van der Waals surface area (Å²) in [5.41, 5.74) is 0. The van der Waals surface area contributed by atoms with Gasteiger partial charge in [0.25, 0.3) is 0 Å². The van der Waals surface area contributed by atoms with Gasteiger partial charge in [0.1, 0.15) is 25.1 Å². The van der Waals surface area contributed by atoms with Crippen molar-refractivity contribution in [2.45, 2.75) is 19.6 Å². The molecule has 3 rings (SSSR count). The molecule has 0 saturated carbocycles. The third-order valence-corrected chi connectivity index (χ3v) is 3.33. The maximum absolute atomic E-state index is 11.9. The van der Waals surface area contributed by atoms with Crippen molar-refractivity contribution in [1.29, 1.82) is 0 Å². The number of ether oxygens (including phenoxy) is 2. The molecule has 0 radical (unpaired) electrons. The number of nitrogens with one attached hydrogen (secondary N) is 1. The number of para-hydroxylation sites is 2. The average molecular weight is 287 g/mol. The van der Waals surface area contributed by atoms with Gasteiger partial charge < -0.3 is 19.4 Å². The van der Waals surface area contributed by atoms with Crippen LogP contribution in [0.25, 0.3) is 0 Å². The van der Waals surface area contributed by atoms with E-state index in [0.29, 0.717) is 18.9 Å². The maximum atomic E-state index is 11.9. The normalized spacial score (nSPS) is 16.5. The van der Waals surface area contributed by atoms with Gasteiger partial charge in [-0.15, -0.1) is 0 Å². The Labute approximate surface area is 122 Å². The zero-order valence-corrected chi connectivity index (χ0v) is 11.8. The molecule has 1 amide bonds. The minimum atomic E-state index is -0.173. The molecule has 1 aromatic heterocycles. The molecule has 2 heterocycles. The van der Waals surface area contributed by atoms with Crippen molar-refractivity contribution < 1.29 is 14.3 Å². The number of aryl methyl sites for hydroxylation is 1. The van der Waals surface area contributed by atoms with Crippen molar-refractivity contribution in [2.75, 3.05) is 13.2 Å². The van der Waals surface area contributed by atoms with Crippen molar-refractivity contribution in [1.82, 2.24) is 14.9 Å². The number of fused-ring (bicyclic) bond motifs is 1. The first-order chi connectivity index (χ1) is 10.2. The van der Waals surface area contributed by atoms with Gasteiger partial charge in [-0.25, -0.2) is 4.98 Å². The van der Waals surface area contributed by atoms with E-state index < -0.39 is 0 Å². The molecule has 2 aromatic rings. The molecule has 0 spiro atoms. The van der Waals surface area contributed by atoms with E-state index in [0.717, 1.165) is 11.6 Å². The molecule has 6 heteroatoms.